The van der Waals surface area contributed by atoms with Crippen LogP contribution in [0.3, 0.4) is 0 Å². The van der Waals surface area contributed by atoms with E-state index < -0.39 is 23.3 Å². The van der Waals surface area contributed by atoms with E-state index in [9.17, 15) is 22.8 Å². The third kappa shape index (κ3) is 7.45. The normalized spacial score (nSPS) is 16.1. The molecule has 10 nitrogen and oxygen atoms in total. The van der Waals surface area contributed by atoms with Crippen LogP contribution in [0.25, 0.3) is 0 Å². The maximum absolute atomic E-state index is 13.0. The number of hydrogen-bond donors (Lipinski definition) is 1. The number of ether oxygens (including phenoxy) is 1. The molecular weight excluding hydrogens is 567 g/mol. The summed E-state index contributed by atoms with van der Waals surface area (Å²) < 4.78 is 40.4. The molecule has 0 aliphatic carbocycles. The van der Waals surface area contributed by atoms with Gasteiger partial charge in [-0.1, -0.05) is 42.0 Å². The Morgan fingerprint density at radius 1 is 0.977 bits per heavy atom. The minimum atomic E-state index is -5.08. The lowest BCUT2D eigenvalue weighted by atomic mass is 9.87. The van der Waals surface area contributed by atoms with Gasteiger partial charge in [-0.25, -0.2) is 9.48 Å². The number of hydrogen-bond acceptors (Lipinski definition) is 7. The van der Waals surface area contributed by atoms with Crippen molar-refractivity contribution < 1.29 is 27.8 Å². The average molecular weight is 604 g/mol. The fraction of sp³-hybridized carbons (Fsp3) is 0.467. The second kappa shape index (κ2) is 12.6. The van der Waals surface area contributed by atoms with Gasteiger partial charge in [-0.05, 0) is 56.9 Å². The summed E-state index contributed by atoms with van der Waals surface area (Å²) in [5.41, 5.74) is 2.12. The maximum atomic E-state index is 13.0. The molecule has 5 rings (SSSR count). The number of carboxylic acid groups (broad SMARTS) is 1. The molecule has 1 N–H and O–H groups in total. The summed E-state index contributed by atoms with van der Waals surface area (Å²) >= 11 is 0. The molecule has 0 amide bonds. The van der Waals surface area contributed by atoms with E-state index >= 15 is 0 Å². The Hall–Kier alpha value is -4.13. The highest BCUT2D eigenvalue weighted by Gasteiger charge is 2.46. The van der Waals surface area contributed by atoms with E-state index in [0.717, 1.165) is 49.4 Å². The van der Waals surface area contributed by atoms with Crippen molar-refractivity contribution in [1.82, 2.24) is 19.2 Å². The number of piperidine rings is 1. The molecule has 2 aromatic carbocycles. The zero-order valence-corrected chi connectivity index (χ0v) is 24.6. The second-order valence-electron chi connectivity index (χ2n) is 11.3. The molecule has 0 atom stereocenters. The van der Waals surface area contributed by atoms with Gasteiger partial charge in [-0.15, -0.1) is 5.10 Å². The lowest BCUT2D eigenvalue weighted by Gasteiger charge is -2.43. The van der Waals surface area contributed by atoms with E-state index in [1.54, 1.807) is 4.57 Å². The molecule has 0 saturated carbocycles. The summed E-state index contributed by atoms with van der Waals surface area (Å²) in [6.45, 7) is 9.61. The number of carboxylic acids is 1. The summed E-state index contributed by atoms with van der Waals surface area (Å²) in [6, 6.07) is 16.3. The van der Waals surface area contributed by atoms with Crippen molar-refractivity contribution in [2.75, 3.05) is 25.0 Å². The molecule has 1 spiro atoms. The van der Waals surface area contributed by atoms with Crippen LogP contribution in [0.5, 0.6) is 5.75 Å². The Balaban J connectivity index is 0.000000541. The first kappa shape index (κ1) is 31.8. The van der Waals surface area contributed by atoms with Gasteiger partial charge in [0.15, 0.2) is 0 Å². The standard InChI is InChI=1S/C28H35N5O3.C2HF3O2/c1-20(2)36-24-11-9-22(10-12-24)17-31-15-13-28(14-16-31)19-32-25(34)26(35)33(29-27(32)30(28)4)18-23-7-5-21(3)6-8-23;3-2(4,5)1(6)7/h5-12,20H,13-19H2,1-4H3;(H,6,7). The van der Waals surface area contributed by atoms with Crippen molar-refractivity contribution in [3.05, 3.63) is 85.9 Å². The van der Waals surface area contributed by atoms with Crippen molar-refractivity contribution in [1.29, 1.82) is 0 Å². The van der Waals surface area contributed by atoms with Crippen LogP contribution in [0.1, 0.15) is 43.4 Å². The minimum Gasteiger partial charge on any atom is -0.491 e. The Bertz CT molecular complexity index is 1540. The predicted octanol–water partition coefficient (Wildman–Crippen LogP) is 3.67. The lowest BCUT2D eigenvalue weighted by molar-refractivity contribution is -0.192. The van der Waals surface area contributed by atoms with Crippen molar-refractivity contribution in [2.45, 2.75) is 71.1 Å². The summed E-state index contributed by atoms with van der Waals surface area (Å²) in [4.78, 5) is 39.4. The molecule has 1 aromatic heterocycles. The fourth-order valence-corrected chi connectivity index (χ4v) is 5.33. The highest BCUT2D eigenvalue weighted by molar-refractivity contribution is 5.73. The zero-order chi connectivity index (χ0) is 31.5. The number of likely N-dealkylation sites (tertiary alicyclic amines) is 1. The number of nitrogens with zero attached hydrogens (tertiary/aromatic N) is 5. The minimum absolute atomic E-state index is 0.165. The summed E-state index contributed by atoms with van der Waals surface area (Å²) in [7, 11) is 2.01. The zero-order valence-electron chi connectivity index (χ0n) is 24.6. The molecule has 1 fully saturated rings. The number of carbonyl (C=O) groups is 1. The Kier molecular flexibility index (Phi) is 9.33. The number of rotatable bonds is 6. The number of aliphatic carboxylic acids is 1. The number of likely N-dealkylation sites (N-methyl/N-ethyl adjacent to an activating group) is 1. The fourth-order valence-electron chi connectivity index (χ4n) is 5.33. The van der Waals surface area contributed by atoms with Crippen molar-refractivity contribution in [3.8, 4) is 5.75 Å². The van der Waals surface area contributed by atoms with Gasteiger partial charge in [-0.3, -0.25) is 19.1 Å². The first-order chi connectivity index (χ1) is 20.2. The molecule has 0 unspecified atom stereocenters. The largest absolute Gasteiger partial charge is 0.491 e. The van der Waals surface area contributed by atoms with Crippen LogP contribution in [0, 0.1) is 6.92 Å². The molecule has 2 aliphatic heterocycles. The van der Waals surface area contributed by atoms with Crippen LogP contribution in [0.2, 0.25) is 0 Å². The van der Waals surface area contributed by atoms with Crippen LogP contribution < -0.4 is 20.8 Å². The molecule has 13 heteroatoms. The number of aryl methyl sites for hydroxylation is 1. The van der Waals surface area contributed by atoms with E-state index in [1.807, 2.05) is 64.2 Å². The van der Waals surface area contributed by atoms with Crippen molar-refractivity contribution in [2.24, 2.45) is 0 Å². The van der Waals surface area contributed by atoms with Gasteiger partial charge < -0.3 is 14.7 Å². The summed E-state index contributed by atoms with van der Waals surface area (Å²) in [5, 5.41) is 11.8. The van der Waals surface area contributed by atoms with E-state index in [-0.39, 0.29) is 18.2 Å². The Morgan fingerprint density at radius 3 is 2.05 bits per heavy atom. The molecule has 0 radical (unpaired) electrons. The first-order valence-electron chi connectivity index (χ1n) is 14.0. The number of aromatic nitrogens is 3. The van der Waals surface area contributed by atoms with Crippen LogP contribution in [-0.4, -0.2) is 68.3 Å². The number of halogens is 3. The van der Waals surface area contributed by atoms with Crippen LogP contribution >= 0.6 is 0 Å². The van der Waals surface area contributed by atoms with Gasteiger partial charge in [0.25, 0.3) is 0 Å². The SMILES string of the molecule is Cc1ccc(Cn2nc3n(c(=O)c2=O)CC2(CCN(Cc4ccc(OC(C)C)cc4)CC2)N3C)cc1.O=C(O)C(F)(F)F. The lowest BCUT2D eigenvalue weighted by Crippen LogP contribution is -2.53. The molecule has 232 valence electrons. The average Bonchev–Trinajstić information content (AvgIpc) is 3.21. The highest BCUT2D eigenvalue weighted by atomic mass is 19.4. The van der Waals surface area contributed by atoms with Gasteiger partial charge >= 0.3 is 23.3 Å². The topological polar surface area (TPSA) is 110 Å². The van der Waals surface area contributed by atoms with Crippen molar-refractivity contribution in [3.63, 3.8) is 0 Å². The molecule has 3 aromatic rings. The Morgan fingerprint density at radius 2 is 1.51 bits per heavy atom. The van der Waals surface area contributed by atoms with Crippen LogP contribution in [0.15, 0.2) is 58.1 Å². The van der Waals surface area contributed by atoms with Gasteiger partial charge in [0, 0.05) is 26.7 Å². The van der Waals surface area contributed by atoms with E-state index in [1.165, 1.54) is 10.2 Å². The number of benzene rings is 2. The summed E-state index contributed by atoms with van der Waals surface area (Å²) in [5.74, 6) is -1.28. The second-order valence-corrected chi connectivity index (χ2v) is 11.3. The third-order valence-electron chi connectivity index (χ3n) is 7.76. The third-order valence-corrected chi connectivity index (χ3v) is 7.76. The number of alkyl halides is 3. The van der Waals surface area contributed by atoms with Crippen LogP contribution in [-0.2, 0) is 24.4 Å². The van der Waals surface area contributed by atoms with E-state index in [2.05, 4.69) is 27.0 Å². The smallest absolute Gasteiger partial charge is 0.490 e. The van der Waals surface area contributed by atoms with Crippen molar-refractivity contribution >= 4 is 11.9 Å². The molecule has 2 aliphatic rings. The quantitative estimate of drug-likeness (QED) is 0.426. The maximum Gasteiger partial charge on any atom is 0.490 e. The first-order valence-corrected chi connectivity index (χ1v) is 14.0. The molecular formula is C30H36F3N5O5. The van der Waals surface area contributed by atoms with Gasteiger partial charge in [-0.2, -0.15) is 13.2 Å². The highest BCUT2D eigenvalue weighted by Crippen LogP contribution is 2.37. The number of anilines is 1. The van der Waals surface area contributed by atoms with E-state index in [4.69, 9.17) is 14.6 Å². The monoisotopic (exact) mass is 603 g/mol. The summed E-state index contributed by atoms with van der Waals surface area (Å²) in [6.07, 6.45) is -3.10. The van der Waals surface area contributed by atoms with Gasteiger partial charge in [0.1, 0.15) is 5.75 Å². The molecule has 43 heavy (non-hydrogen) atoms. The van der Waals surface area contributed by atoms with E-state index in [0.29, 0.717) is 12.5 Å². The molecule has 3 heterocycles. The predicted molar refractivity (Wildman–Crippen MR) is 155 cm³/mol. The molecule has 1 saturated heterocycles. The molecule has 0 bridgehead atoms. The van der Waals surface area contributed by atoms with Gasteiger partial charge in [0.2, 0.25) is 5.95 Å². The Labute approximate surface area is 246 Å². The number of fused-ring (bicyclic) bond motifs is 1. The van der Waals surface area contributed by atoms with Gasteiger partial charge in [0.05, 0.1) is 24.7 Å². The van der Waals surface area contributed by atoms with Crippen LogP contribution in [0.4, 0.5) is 19.1 Å².